The van der Waals surface area contributed by atoms with Gasteiger partial charge in [-0.3, -0.25) is 0 Å². The number of aryl methyl sites for hydroxylation is 1. The van der Waals surface area contributed by atoms with Gasteiger partial charge in [0, 0.05) is 50.6 Å². The van der Waals surface area contributed by atoms with Crippen LogP contribution in [0.25, 0.3) is 0 Å². The van der Waals surface area contributed by atoms with Gasteiger partial charge in [-0.25, -0.2) is 0 Å². The van der Waals surface area contributed by atoms with Crippen molar-refractivity contribution in [2.75, 3.05) is 59.3 Å². The first-order chi connectivity index (χ1) is 15.2. The van der Waals surface area contributed by atoms with Crippen molar-refractivity contribution in [1.82, 2.24) is 15.0 Å². The molecule has 0 atom stereocenters. The Hall–Kier alpha value is -2.57. The van der Waals surface area contributed by atoms with E-state index in [1.165, 1.54) is 49.8 Å². The smallest absolute Gasteiger partial charge is 0.233 e. The molecule has 7 heteroatoms. The Morgan fingerprint density at radius 1 is 0.806 bits per heavy atom. The molecule has 1 aromatic heterocycles. The van der Waals surface area contributed by atoms with Crippen LogP contribution >= 0.6 is 0 Å². The minimum Gasteiger partial charge on any atom is -0.372 e. The SMILES string of the molecule is CCN(CC)c1ccc(Nc2nc(N3CCCCC3)nc(N3CCCCC3)n2)c(C)c1. The molecule has 2 aromatic rings. The van der Waals surface area contributed by atoms with E-state index in [4.69, 9.17) is 15.0 Å². The topological polar surface area (TPSA) is 60.4 Å². The van der Waals surface area contributed by atoms with Gasteiger partial charge in [-0.1, -0.05) is 0 Å². The second kappa shape index (κ2) is 10.2. The van der Waals surface area contributed by atoms with E-state index >= 15 is 0 Å². The maximum Gasteiger partial charge on any atom is 0.233 e. The predicted molar refractivity (Wildman–Crippen MR) is 130 cm³/mol. The minimum atomic E-state index is 0.648. The fourth-order valence-corrected chi connectivity index (χ4v) is 4.57. The van der Waals surface area contributed by atoms with Crippen molar-refractivity contribution >= 4 is 29.2 Å². The molecule has 0 unspecified atom stereocenters. The summed E-state index contributed by atoms with van der Waals surface area (Å²) in [6.07, 6.45) is 7.42. The van der Waals surface area contributed by atoms with E-state index < -0.39 is 0 Å². The summed E-state index contributed by atoms with van der Waals surface area (Å²) in [7, 11) is 0. The Bertz CT molecular complexity index is 817. The third-order valence-corrected chi connectivity index (χ3v) is 6.47. The molecule has 0 radical (unpaired) electrons. The van der Waals surface area contributed by atoms with Gasteiger partial charge in [0.2, 0.25) is 17.8 Å². The highest BCUT2D eigenvalue weighted by Gasteiger charge is 2.20. The average Bonchev–Trinajstić information content (AvgIpc) is 2.82. The van der Waals surface area contributed by atoms with Gasteiger partial charge in [-0.2, -0.15) is 15.0 Å². The van der Waals surface area contributed by atoms with Crippen molar-refractivity contribution in [2.24, 2.45) is 0 Å². The van der Waals surface area contributed by atoms with E-state index in [2.05, 4.69) is 59.0 Å². The lowest BCUT2D eigenvalue weighted by Crippen LogP contribution is -2.34. The van der Waals surface area contributed by atoms with Crippen molar-refractivity contribution in [2.45, 2.75) is 59.3 Å². The molecule has 1 N–H and O–H groups in total. The highest BCUT2D eigenvalue weighted by Crippen LogP contribution is 2.27. The monoisotopic (exact) mass is 423 g/mol. The lowest BCUT2D eigenvalue weighted by Gasteiger charge is -2.30. The van der Waals surface area contributed by atoms with Gasteiger partial charge < -0.3 is 20.0 Å². The molecule has 2 aliphatic rings. The minimum absolute atomic E-state index is 0.648. The molecule has 168 valence electrons. The summed E-state index contributed by atoms with van der Waals surface area (Å²) in [6.45, 7) is 12.7. The average molecular weight is 424 g/mol. The molecule has 0 spiro atoms. The number of anilines is 5. The lowest BCUT2D eigenvalue weighted by molar-refractivity contribution is 0.556. The van der Waals surface area contributed by atoms with Crippen molar-refractivity contribution < 1.29 is 0 Å². The van der Waals surface area contributed by atoms with Crippen molar-refractivity contribution in [3.63, 3.8) is 0 Å². The molecule has 4 rings (SSSR count). The molecule has 0 aliphatic carbocycles. The lowest BCUT2D eigenvalue weighted by atomic mass is 10.1. The number of rotatable bonds is 7. The Labute approximate surface area is 186 Å². The molecule has 3 heterocycles. The number of aromatic nitrogens is 3. The van der Waals surface area contributed by atoms with E-state index in [9.17, 15) is 0 Å². The summed E-state index contributed by atoms with van der Waals surface area (Å²) in [5, 5.41) is 3.50. The first kappa shape index (κ1) is 21.7. The zero-order chi connectivity index (χ0) is 21.6. The highest BCUT2D eigenvalue weighted by molar-refractivity contribution is 5.65. The van der Waals surface area contributed by atoms with Crippen LogP contribution in [0.2, 0.25) is 0 Å². The molecule has 7 nitrogen and oxygen atoms in total. The van der Waals surface area contributed by atoms with Crippen LogP contribution in [0, 0.1) is 6.92 Å². The molecule has 0 bridgehead atoms. The van der Waals surface area contributed by atoms with Crippen LogP contribution < -0.4 is 20.0 Å². The Morgan fingerprint density at radius 2 is 1.35 bits per heavy atom. The zero-order valence-electron chi connectivity index (χ0n) is 19.4. The summed E-state index contributed by atoms with van der Waals surface area (Å²) >= 11 is 0. The summed E-state index contributed by atoms with van der Waals surface area (Å²) in [6, 6.07) is 6.57. The third kappa shape index (κ3) is 5.20. The zero-order valence-corrected chi connectivity index (χ0v) is 19.4. The first-order valence-electron chi connectivity index (χ1n) is 12.1. The van der Waals surface area contributed by atoms with Crippen LogP contribution in [0.1, 0.15) is 57.9 Å². The molecule has 31 heavy (non-hydrogen) atoms. The molecule has 2 fully saturated rings. The number of nitrogens with zero attached hydrogens (tertiary/aromatic N) is 6. The van der Waals surface area contributed by atoms with Gasteiger partial charge in [-0.05, 0) is 83.1 Å². The maximum atomic E-state index is 4.89. The molecular formula is C24H37N7. The van der Waals surface area contributed by atoms with Crippen LogP contribution in [-0.4, -0.2) is 54.2 Å². The number of benzene rings is 1. The molecule has 0 amide bonds. The van der Waals surface area contributed by atoms with Crippen molar-refractivity contribution in [3.8, 4) is 0 Å². The summed E-state index contributed by atoms with van der Waals surface area (Å²) in [5.74, 6) is 2.28. The van der Waals surface area contributed by atoms with Gasteiger partial charge in [0.05, 0.1) is 0 Å². The number of piperidine rings is 2. The van der Waals surface area contributed by atoms with Crippen molar-refractivity contribution in [1.29, 1.82) is 0 Å². The van der Waals surface area contributed by atoms with Gasteiger partial charge in [0.15, 0.2) is 0 Å². The highest BCUT2D eigenvalue weighted by atomic mass is 15.4. The summed E-state index contributed by atoms with van der Waals surface area (Å²) < 4.78 is 0. The van der Waals surface area contributed by atoms with Gasteiger partial charge in [0.1, 0.15) is 0 Å². The fraction of sp³-hybridized carbons (Fsp3) is 0.625. The van der Waals surface area contributed by atoms with Crippen LogP contribution in [0.5, 0.6) is 0 Å². The largest absolute Gasteiger partial charge is 0.372 e. The number of nitrogens with one attached hydrogen (secondary N) is 1. The Morgan fingerprint density at radius 3 is 1.84 bits per heavy atom. The molecule has 2 aliphatic heterocycles. The standard InChI is InChI=1S/C24H37N7/c1-4-29(5-2)20-12-13-21(19(3)18-20)25-22-26-23(30-14-8-6-9-15-30)28-24(27-22)31-16-10-7-11-17-31/h12-13,18H,4-11,14-17H2,1-3H3,(H,25,26,27,28). The van der Waals surface area contributed by atoms with Crippen molar-refractivity contribution in [3.05, 3.63) is 23.8 Å². The van der Waals surface area contributed by atoms with E-state index in [-0.39, 0.29) is 0 Å². The van der Waals surface area contributed by atoms with Crippen LogP contribution in [0.15, 0.2) is 18.2 Å². The quantitative estimate of drug-likeness (QED) is 0.689. The Balaban J connectivity index is 1.62. The second-order valence-electron chi connectivity index (χ2n) is 8.65. The van der Waals surface area contributed by atoms with Gasteiger partial charge in [0.25, 0.3) is 0 Å². The van der Waals surface area contributed by atoms with Crippen LogP contribution in [0.4, 0.5) is 29.2 Å². The fourth-order valence-electron chi connectivity index (χ4n) is 4.57. The normalized spacial score (nSPS) is 17.0. The Kier molecular flexibility index (Phi) is 7.10. The summed E-state index contributed by atoms with van der Waals surface area (Å²) in [5.41, 5.74) is 3.51. The first-order valence-corrected chi connectivity index (χ1v) is 12.1. The van der Waals surface area contributed by atoms with Gasteiger partial charge in [-0.15, -0.1) is 0 Å². The second-order valence-corrected chi connectivity index (χ2v) is 8.65. The molecule has 1 aromatic carbocycles. The number of hydrogen-bond donors (Lipinski definition) is 1. The van der Waals surface area contributed by atoms with Gasteiger partial charge >= 0.3 is 0 Å². The maximum absolute atomic E-state index is 4.89. The van der Waals surface area contributed by atoms with E-state index in [1.54, 1.807) is 0 Å². The molecule has 2 saturated heterocycles. The predicted octanol–water partition coefficient (Wildman–Crippen LogP) is 4.75. The van der Waals surface area contributed by atoms with Crippen LogP contribution in [0.3, 0.4) is 0 Å². The van der Waals surface area contributed by atoms with E-state index in [0.717, 1.165) is 56.9 Å². The van der Waals surface area contributed by atoms with E-state index in [1.807, 2.05) is 0 Å². The third-order valence-electron chi connectivity index (χ3n) is 6.47. The summed E-state index contributed by atoms with van der Waals surface area (Å²) in [4.78, 5) is 21.6. The molecular weight excluding hydrogens is 386 g/mol. The number of hydrogen-bond acceptors (Lipinski definition) is 7. The van der Waals surface area contributed by atoms with E-state index in [0.29, 0.717) is 5.95 Å². The molecule has 0 saturated carbocycles. The van der Waals surface area contributed by atoms with Crippen LogP contribution in [-0.2, 0) is 0 Å².